The number of aldehydes is 1. The lowest BCUT2D eigenvalue weighted by atomic mass is 9.99. The third-order valence-electron chi connectivity index (χ3n) is 4.58. The Hall–Kier alpha value is -3.93. The van der Waals surface area contributed by atoms with E-state index in [0.29, 0.717) is 16.8 Å². The van der Waals surface area contributed by atoms with E-state index in [1.807, 2.05) is 55.2 Å². The maximum atomic E-state index is 11.7. The maximum absolute atomic E-state index is 11.7. The Kier molecular flexibility index (Phi) is 6.04. The Bertz CT molecular complexity index is 1110. The average Bonchev–Trinajstić information content (AvgIpc) is 3.15. The number of aromatic nitrogens is 2. The molecule has 2 aromatic carbocycles. The summed E-state index contributed by atoms with van der Waals surface area (Å²) in [5.41, 5.74) is 10.6. The zero-order chi connectivity index (χ0) is 20.8. The molecule has 0 saturated heterocycles. The summed E-state index contributed by atoms with van der Waals surface area (Å²) in [5.74, 6) is 0.756. The number of benzene rings is 2. The van der Waals surface area contributed by atoms with Gasteiger partial charge in [0, 0.05) is 54.6 Å². The summed E-state index contributed by atoms with van der Waals surface area (Å²) in [5, 5.41) is 11.4. The normalized spacial score (nSPS) is 11.6. The molecule has 6 heteroatoms. The fraction of sp³-hybridized carbons (Fsp3) is 0.0870. The fourth-order valence-corrected chi connectivity index (χ4v) is 3.01. The van der Waals surface area contributed by atoms with Gasteiger partial charge in [0.2, 0.25) is 0 Å². The van der Waals surface area contributed by atoms with Gasteiger partial charge in [-0.25, -0.2) is 4.98 Å². The Labute approximate surface area is 169 Å². The summed E-state index contributed by atoms with van der Waals surface area (Å²) in [6, 6.07) is 13.0. The van der Waals surface area contributed by atoms with Crippen molar-refractivity contribution in [3.8, 4) is 0 Å². The molecule has 0 aliphatic rings. The van der Waals surface area contributed by atoms with Crippen LogP contribution in [0.3, 0.4) is 0 Å². The molecule has 0 saturated carbocycles. The van der Waals surface area contributed by atoms with Gasteiger partial charge in [0.25, 0.3) is 0 Å². The lowest BCUT2D eigenvalue weighted by molar-refractivity contribution is -0.103. The first-order chi connectivity index (χ1) is 14.0. The van der Waals surface area contributed by atoms with Crippen LogP contribution in [0.25, 0.3) is 17.7 Å². The van der Waals surface area contributed by atoms with Crippen LogP contribution >= 0.6 is 0 Å². The first-order valence-corrected chi connectivity index (χ1v) is 9.11. The number of hydrogen-bond acceptors (Lipinski definition) is 5. The van der Waals surface area contributed by atoms with Gasteiger partial charge in [0.1, 0.15) is 5.82 Å². The first-order valence-electron chi connectivity index (χ1n) is 9.11. The molecule has 3 rings (SSSR count). The van der Waals surface area contributed by atoms with E-state index in [2.05, 4.69) is 10.3 Å². The Morgan fingerprint density at radius 2 is 2.00 bits per heavy atom. The summed E-state index contributed by atoms with van der Waals surface area (Å²) in [4.78, 5) is 15.9. The molecule has 0 aliphatic heterocycles. The second kappa shape index (κ2) is 8.84. The number of hydrogen-bond donors (Lipinski definition) is 3. The van der Waals surface area contributed by atoms with Gasteiger partial charge in [-0.15, -0.1) is 0 Å². The fourth-order valence-electron chi connectivity index (χ4n) is 3.01. The number of nitrogens with one attached hydrogen (secondary N) is 2. The summed E-state index contributed by atoms with van der Waals surface area (Å²) in [6.07, 6.45) is 9.61. The highest BCUT2D eigenvalue weighted by atomic mass is 16.1. The van der Waals surface area contributed by atoms with E-state index < -0.39 is 0 Å². The van der Waals surface area contributed by atoms with Crippen molar-refractivity contribution < 1.29 is 4.79 Å². The predicted molar refractivity (Wildman–Crippen MR) is 120 cm³/mol. The van der Waals surface area contributed by atoms with Crippen LogP contribution in [0, 0.1) is 5.41 Å². The highest BCUT2D eigenvalue weighted by Gasteiger charge is 2.08. The second-order valence-corrected chi connectivity index (χ2v) is 6.50. The molecular weight excluding hydrogens is 362 g/mol. The van der Waals surface area contributed by atoms with E-state index in [-0.39, 0.29) is 5.71 Å². The quantitative estimate of drug-likeness (QED) is 0.189. The minimum Gasteiger partial charge on any atom is -0.398 e. The van der Waals surface area contributed by atoms with E-state index >= 15 is 0 Å². The lowest BCUT2D eigenvalue weighted by Gasteiger charge is -2.09. The maximum Gasteiger partial charge on any atom is 0.150 e. The molecular formula is C23H23N5O. The third kappa shape index (κ3) is 4.50. The topological polar surface area (TPSA) is 96.8 Å². The number of nitrogen functional groups attached to an aromatic ring is 1. The van der Waals surface area contributed by atoms with E-state index in [1.165, 1.54) is 0 Å². The van der Waals surface area contributed by atoms with Crippen LogP contribution in [0.1, 0.15) is 22.5 Å². The Morgan fingerprint density at radius 1 is 1.21 bits per heavy atom. The summed E-state index contributed by atoms with van der Waals surface area (Å²) < 4.78 is 1.87. The number of aryl methyl sites for hydroxylation is 1. The van der Waals surface area contributed by atoms with Crippen LogP contribution in [0.2, 0.25) is 0 Å². The molecule has 0 fully saturated rings. The number of para-hydroxylation sites is 1. The van der Waals surface area contributed by atoms with Gasteiger partial charge in [-0.2, -0.15) is 0 Å². The SMILES string of the molecule is CNc1ccccc1/C(C=O)=C\c1ccc(C(=N)/C=C/c2nccn2C)c(N)c1. The molecule has 6 nitrogen and oxygen atoms in total. The van der Waals surface area contributed by atoms with E-state index in [4.69, 9.17) is 11.1 Å². The number of carbonyl (C=O) groups excluding carboxylic acids is 1. The molecule has 3 aromatic rings. The number of anilines is 2. The van der Waals surface area contributed by atoms with Crippen LogP contribution in [0.15, 0.2) is 60.9 Å². The molecule has 1 heterocycles. The molecule has 4 N–H and O–H groups in total. The predicted octanol–water partition coefficient (Wildman–Crippen LogP) is 3.86. The standard InChI is InChI=1S/C23H23N5O/c1-26-22-6-4-3-5-18(22)17(15-29)13-16-7-8-19(21(25)14-16)20(24)9-10-23-27-11-12-28(23)2/h3-15,24,26H,25H2,1-2H3/b10-9+,17-13-,24-20?. The van der Waals surface area contributed by atoms with Crippen molar-refractivity contribution in [2.45, 2.75) is 0 Å². The highest BCUT2D eigenvalue weighted by Crippen LogP contribution is 2.25. The molecule has 146 valence electrons. The molecule has 1 aromatic heterocycles. The molecule has 0 atom stereocenters. The van der Waals surface area contributed by atoms with Crippen LogP contribution < -0.4 is 11.1 Å². The van der Waals surface area contributed by atoms with Crippen molar-refractivity contribution >= 4 is 41.1 Å². The molecule has 0 unspecified atom stereocenters. The minimum atomic E-state index is 0.289. The monoisotopic (exact) mass is 385 g/mol. The zero-order valence-electron chi connectivity index (χ0n) is 16.4. The Morgan fingerprint density at radius 3 is 2.66 bits per heavy atom. The van der Waals surface area contributed by atoms with Gasteiger partial charge in [-0.1, -0.05) is 30.3 Å². The molecule has 0 radical (unpaired) electrons. The smallest absolute Gasteiger partial charge is 0.150 e. The molecule has 0 spiro atoms. The zero-order valence-corrected chi connectivity index (χ0v) is 16.4. The number of carbonyl (C=O) groups is 1. The molecule has 29 heavy (non-hydrogen) atoms. The van der Waals surface area contributed by atoms with Crippen molar-refractivity contribution in [2.75, 3.05) is 18.1 Å². The van der Waals surface area contributed by atoms with E-state index in [1.54, 1.807) is 36.6 Å². The van der Waals surface area contributed by atoms with Crippen LogP contribution in [0.5, 0.6) is 0 Å². The number of allylic oxidation sites excluding steroid dienone is 2. The summed E-state index contributed by atoms with van der Waals surface area (Å²) in [6.45, 7) is 0. The van der Waals surface area contributed by atoms with Crippen molar-refractivity contribution in [1.29, 1.82) is 5.41 Å². The molecule has 0 amide bonds. The lowest BCUT2D eigenvalue weighted by Crippen LogP contribution is -2.02. The van der Waals surface area contributed by atoms with Crippen molar-refractivity contribution in [3.05, 3.63) is 83.4 Å². The van der Waals surface area contributed by atoms with Gasteiger partial charge in [-0.3, -0.25) is 4.79 Å². The highest BCUT2D eigenvalue weighted by molar-refractivity contribution is 6.16. The van der Waals surface area contributed by atoms with Gasteiger partial charge < -0.3 is 21.0 Å². The van der Waals surface area contributed by atoms with Crippen molar-refractivity contribution in [3.63, 3.8) is 0 Å². The van der Waals surface area contributed by atoms with Gasteiger partial charge in [-0.05, 0) is 35.9 Å². The molecule has 0 bridgehead atoms. The minimum absolute atomic E-state index is 0.289. The van der Waals surface area contributed by atoms with Gasteiger partial charge in [0.15, 0.2) is 6.29 Å². The number of nitrogens with two attached hydrogens (primary N) is 1. The van der Waals surface area contributed by atoms with Gasteiger partial charge in [0.05, 0.1) is 5.71 Å². The van der Waals surface area contributed by atoms with Crippen LogP contribution in [-0.2, 0) is 11.8 Å². The third-order valence-corrected chi connectivity index (χ3v) is 4.58. The Balaban J connectivity index is 1.87. The number of imidazole rings is 1. The van der Waals surface area contributed by atoms with Crippen LogP contribution in [-0.4, -0.2) is 28.6 Å². The largest absolute Gasteiger partial charge is 0.398 e. The molecule has 0 aliphatic carbocycles. The van der Waals surface area contributed by atoms with E-state index in [0.717, 1.165) is 28.9 Å². The number of nitrogens with zero attached hydrogens (tertiary/aromatic N) is 2. The van der Waals surface area contributed by atoms with Gasteiger partial charge >= 0.3 is 0 Å². The van der Waals surface area contributed by atoms with Crippen molar-refractivity contribution in [1.82, 2.24) is 9.55 Å². The second-order valence-electron chi connectivity index (χ2n) is 6.50. The van der Waals surface area contributed by atoms with Crippen molar-refractivity contribution in [2.24, 2.45) is 7.05 Å². The number of rotatable bonds is 7. The first kappa shape index (κ1) is 19.8. The average molecular weight is 385 g/mol. The summed E-state index contributed by atoms with van der Waals surface area (Å²) >= 11 is 0. The van der Waals surface area contributed by atoms with Crippen LogP contribution in [0.4, 0.5) is 11.4 Å². The van der Waals surface area contributed by atoms with E-state index in [9.17, 15) is 4.79 Å². The summed E-state index contributed by atoms with van der Waals surface area (Å²) in [7, 11) is 3.71.